The molecule has 0 spiro atoms. The molecule has 0 saturated carbocycles. The average Bonchev–Trinajstić information content (AvgIpc) is 3.27. The molecule has 3 aromatic rings. The van der Waals surface area contributed by atoms with E-state index in [1.165, 1.54) is 23.1 Å². The van der Waals surface area contributed by atoms with Crippen LogP contribution in [-0.4, -0.2) is 52.8 Å². The number of amides is 2. The number of halogens is 3. The van der Waals surface area contributed by atoms with E-state index in [1.54, 1.807) is 4.90 Å². The molecule has 0 aliphatic carbocycles. The SMILES string of the molecule is O=C(Nc1nc(C(=O)N2CCN(Cc3ccccc3)CC2)cs1)c1ccccc1C(F)(F)F. The normalized spacial score (nSPS) is 14.8. The lowest BCUT2D eigenvalue weighted by molar-refractivity contribution is -0.137. The molecule has 6 nitrogen and oxygen atoms in total. The van der Waals surface area contributed by atoms with Crippen LogP contribution in [0.2, 0.25) is 0 Å². The van der Waals surface area contributed by atoms with Crippen LogP contribution in [-0.2, 0) is 12.7 Å². The summed E-state index contributed by atoms with van der Waals surface area (Å²) < 4.78 is 39.5. The molecule has 172 valence electrons. The van der Waals surface area contributed by atoms with Gasteiger partial charge in [-0.25, -0.2) is 4.98 Å². The Labute approximate surface area is 192 Å². The third-order valence-corrected chi connectivity index (χ3v) is 6.09. The van der Waals surface area contributed by atoms with Gasteiger partial charge < -0.3 is 4.90 Å². The fourth-order valence-electron chi connectivity index (χ4n) is 3.63. The lowest BCUT2D eigenvalue weighted by Gasteiger charge is -2.34. The van der Waals surface area contributed by atoms with E-state index in [2.05, 4.69) is 27.3 Å². The van der Waals surface area contributed by atoms with Crippen LogP contribution in [0.25, 0.3) is 0 Å². The van der Waals surface area contributed by atoms with E-state index in [-0.39, 0.29) is 16.7 Å². The van der Waals surface area contributed by atoms with E-state index >= 15 is 0 Å². The Hall–Kier alpha value is -3.24. The molecular formula is C23H21F3N4O2S. The van der Waals surface area contributed by atoms with Crippen molar-refractivity contribution >= 4 is 28.3 Å². The van der Waals surface area contributed by atoms with E-state index in [1.807, 2.05) is 18.2 Å². The van der Waals surface area contributed by atoms with Gasteiger partial charge in [0.1, 0.15) is 5.69 Å². The van der Waals surface area contributed by atoms with Crippen LogP contribution >= 0.6 is 11.3 Å². The Morgan fingerprint density at radius 3 is 2.33 bits per heavy atom. The maximum absolute atomic E-state index is 13.2. The van der Waals surface area contributed by atoms with Crippen molar-refractivity contribution < 1.29 is 22.8 Å². The van der Waals surface area contributed by atoms with Crippen molar-refractivity contribution in [2.24, 2.45) is 0 Å². The van der Waals surface area contributed by atoms with Crippen LogP contribution < -0.4 is 5.32 Å². The van der Waals surface area contributed by atoms with Gasteiger partial charge in [0.25, 0.3) is 11.8 Å². The Bertz CT molecular complexity index is 1130. The van der Waals surface area contributed by atoms with E-state index in [0.717, 1.165) is 43.1 Å². The van der Waals surface area contributed by atoms with Gasteiger partial charge >= 0.3 is 6.18 Å². The summed E-state index contributed by atoms with van der Waals surface area (Å²) in [5.41, 5.74) is -0.147. The molecule has 4 rings (SSSR count). The molecule has 2 heterocycles. The lowest BCUT2D eigenvalue weighted by Crippen LogP contribution is -2.48. The molecule has 2 amide bonds. The van der Waals surface area contributed by atoms with Crippen molar-refractivity contribution in [3.8, 4) is 0 Å². The average molecular weight is 475 g/mol. The number of hydrogen-bond acceptors (Lipinski definition) is 5. The van der Waals surface area contributed by atoms with Crippen LogP contribution in [0.15, 0.2) is 60.0 Å². The van der Waals surface area contributed by atoms with Crippen LogP contribution in [0.1, 0.15) is 32.0 Å². The Morgan fingerprint density at radius 2 is 1.64 bits per heavy atom. The molecule has 1 aliphatic heterocycles. The highest BCUT2D eigenvalue weighted by Gasteiger charge is 2.35. The zero-order chi connectivity index (χ0) is 23.4. The summed E-state index contributed by atoms with van der Waals surface area (Å²) in [4.78, 5) is 33.3. The van der Waals surface area contributed by atoms with Crippen LogP contribution in [0.5, 0.6) is 0 Å². The summed E-state index contributed by atoms with van der Waals surface area (Å²) in [6.07, 6.45) is -4.65. The Kier molecular flexibility index (Phi) is 6.75. The van der Waals surface area contributed by atoms with Gasteiger partial charge in [-0.1, -0.05) is 42.5 Å². The third kappa shape index (κ3) is 5.58. The van der Waals surface area contributed by atoms with Crippen molar-refractivity contribution in [1.29, 1.82) is 0 Å². The van der Waals surface area contributed by atoms with E-state index < -0.39 is 23.2 Å². The second kappa shape index (κ2) is 9.72. The van der Waals surface area contributed by atoms with Crippen LogP contribution in [0.3, 0.4) is 0 Å². The standard InChI is InChI=1S/C23H21F3N4O2S/c24-23(25,26)18-9-5-4-8-17(18)20(31)28-22-27-19(15-33-22)21(32)30-12-10-29(11-13-30)14-16-6-2-1-3-7-16/h1-9,15H,10-14H2,(H,27,28,31). The van der Waals surface area contributed by atoms with E-state index in [9.17, 15) is 22.8 Å². The molecule has 0 unspecified atom stereocenters. The summed E-state index contributed by atoms with van der Waals surface area (Å²) in [5.74, 6) is -1.19. The van der Waals surface area contributed by atoms with E-state index in [4.69, 9.17) is 0 Å². The largest absolute Gasteiger partial charge is 0.417 e. The number of anilines is 1. The van der Waals surface area contributed by atoms with Gasteiger partial charge in [-0.05, 0) is 17.7 Å². The summed E-state index contributed by atoms with van der Waals surface area (Å²) >= 11 is 0.998. The fraction of sp³-hybridized carbons (Fsp3) is 0.261. The fourth-order valence-corrected chi connectivity index (χ4v) is 4.31. The summed E-state index contributed by atoms with van der Waals surface area (Å²) in [5, 5.41) is 3.95. The molecule has 0 bridgehead atoms. The van der Waals surface area contributed by atoms with Crippen molar-refractivity contribution in [3.05, 3.63) is 82.4 Å². The van der Waals surface area contributed by atoms with Crippen molar-refractivity contribution in [1.82, 2.24) is 14.8 Å². The number of benzene rings is 2. The number of carbonyl (C=O) groups excluding carboxylic acids is 2. The summed E-state index contributed by atoms with van der Waals surface area (Å²) in [6, 6.07) is 14.6. The van der Waals surface area contributed by atoms with Crippen molar-refractivity contribution in [3.63, 3.8) is 0 Å². The van der Waals surface area contributed by atoms with Crippen molar-refractivity contribution in [2.75, 3.05) is 31.5 Å². The number of piperazine rings is 1. The predicted molar refractivity (Wildman–Crippen MR) is 119 cm³/mol. The minimum absolute atomic E-state index is 0.0723. The number of carbonyl (C=O) groups is 2. The van der Waals surface area contributed by atoms with Gasteiger partial charge in [0.15, 0.2) is 5.13 Å². The van der Waals surface area contributed by atoms with Gasteiger partial charge in [0.05, 0.1) is 11.1 Å². The monoisotopic (exact) mass is 474 g/mol. The summed E-state index contributed by atoms with van der Waals surface area (Å²) in [7, 11) is 0. The molecule has 1 aromatic heterocycles. The van der Waals surface area contributed by atoms with Gasteiger partial charge in [0, 0.05) is 38.1 Å². The van der Waals surface area contributed by atoms with Gasteiger partial charge in [-0.2, -0.15) is 13.2 Å². The highest BCUT2D eigenvalue weighted by atomic mass is 32.1. The number of thiazole rings is 1. The molecule has 1 fully saturated rings. The molecule has 1 saturated heterocycles. The zero-order valence-corrected chi connectivity index (χ0v) is 18.3. The first kappa shape index (κ1) is 22.9. The van der Waals surface area contributed by atoms with Crippen LogP contribution in [0.4, 0.5) is 18.3 Å². The number of hydrogen-bond donors (Lipinski definition) is 1. The first-order chi connectivity index (χ1) is 15.8. The van der Waals surface area contributed by atoms with Crippen LogP contribution in [0, 0.1) is 0 Å². The number of rotatable bonds is 5. The minimum atomic E-state index is -4.65. The molecule has 1 N–H and O–H groups in total. The number of aromatic nitrogens is 1. The quantitative estimate of drug-likeness (QED) is 0.597. The van der Waals surface area contributed by atoms with Gasteiger partial charge in [-0.3, -0.25) is 19.8 Å². The first-order valence-corrected chi connectivity index (χ1v) is 11.2. The Morgan fingerprint density at radius 1 is 0.970 bits per heavy atom. The highest BCUT2D eigenvalue weighted by molar-refractivity contribution is 7.14. The smallest absolute Gasteiger partial charge is 0.335 e. The summed E-state index contributed by atoms with van der Waals surface area (Å²) in [6.45, 7) is 3.36. The molecule has 0 atom stereocenters. The van der Waals surface area contributed by atoms with Crippen molar-refractivity contribution in [2.45, 2.75) is 12.7 Å². The molecule has 10 heteroatoms. The zero-order valence-electron chi connectivity index (χ0n) is 17.5. The second-order valence-corrected chi connectivity index (χ2v) is 8.45. The van der Waals surface area contributed by atoms with Gasteiger partial charge in [0.2, 0.25) is 0 Å². The third-order valence-electron chi connectivity index (χ3n) is 5.33. The molecular weight excluding hydrogens is 453 g/mol. The van der Waals surface area contributed by atoms with E-state index in [0.29, 0.717) is 13.1 Å². The maximum Gasteiger partial charge on any atom is 0.417 e. The molecule has 1 aliphatic rings. The Balaban J connectivity index is 1.35. The number of alkyl halides is 3. The van der Waals surface area contributed by atoms with Gasteiger partial charge in [-0.15, -0.1) is 11.3 Å². The topological polar surface area (TPSA) is 65.5 Å². The molecule has 2 aromatic carbocycles. The predicted octanol–water partition coefficient (Wildman–Crippen LogP) is 4.37. The second-order valence-electron chi connectivity index (χ2n) is 7.59. The maximum atomic E-state index is 13.2. The number of nitrogens with one attached hydrogen (secondary N) is 1. The molecule has 0 radical (unpaired) electrons. The highest BCUT2D eigenvalue weighted by Crippen LogP contribution is 2.32. The first-order valence-electron chi connectivity index (χ1n) is 10.3. The minimum Gasteiger partial charge on any atom is -0.335 e. The molecule has 33 heavy (non-hydrogen) atoms. The number of nitrogens with zero attached hydrogens (tertiary/aromatic N) is 3. The lowest BCUT2D eigenvalue weighted by atomic mass is 10.1.